The number of rotatable bonds is 2. The van der Waals surface area contributed by atoms with Gasteiger partial charge in [0.25, 0.3) is 6.43 Å². The molecule has 0 saturated heterocycles. The van der Waals surface area contributed by atoms with Crippen molar-refractivity contribution in [2.45, 2.75) is 12.5 Å². The third-order valence-electron chi connectivity index (χ3n) is 1.63. The standard InChI is InChI=1S/C8H10F2N2/c9-8(10)7(12)5-3-1-2-4-6(5)11/h1-4,7-8H,11-12H2/t7-/m0/s1. The molecule has 1 atom stereocenters. The van der Waals surface area contributed by atoms with Crippen molar-refractivity contribution in [3.63, 3.8) is 0 Å². The number of para-hydroxylation sites is 1. The van der Waals surface area contributed by atoms with Gasteiger partial charge in [0, 0.05) is 5.69 Å². The molecule has 12 heavy (non-hydrogen) atoms. The fourth-order valence-corrected chi connectivity index (χ4v) is 0.950. The van der Waals surface area contributed by atoms with Gasteiger partial charge >= 0.3 is 0 Å². The van der Waals surface area contributed by atoms with Gasteiger partial charge in [-0.15, -0.1) is 0 Å². The van der Waals surface area contributed by atoms with Crippen molar-refractivity contribution in [3.05, 3.63) is 29.8 Å². The minimum Gasteiger partial charge on any atom is -0.398 e. The first-order valence-corrected chi connectivity index (χ1v) is 3.51. The molecular weight excluding hydrogens is 162 g/mol. The maximum atomic E-state index is 12.1. The Morgan fingerprint density at radius 2 is 1.75 bits per heavy atom. The Morgan fingerprint density at radius 3 is 2.25 bits per heavy atom. The Hall–Kier alpha value is -1.16. The van der Waals surface area contributed by atoms with Gasteiger partial charge in [-0.2, -0.15) is 0 Å². The highest BCUT2D eigenvalue weighted by Gasteiger charge is 2.18. The maximum absolute atomic E-state index is 12.1. The first-order chi connectivity index (χ1) is 5.63. The second-order valence-electron chi connectivity index (χ2n) is 2.49. The molecule has 0 aliphatic carbocycles. The van der Waals surface area contributed by atoms with Crippen LogP contribution in [0.2, 0.25) is 0 Å². The summed E-state index contributed by atoms with van der Waals surface area (Å²) in [5, 5.41) is 0. The van der Waals surface area contributed by atoms with Crippen LogP contribution >= 0.6 is 0 Å². The Balaban J connectivity index is 2.94. The molecule has 0 aromatic heterocycles. The molecule has 0 unspecified atom stereocenters. The topological polar surface area (TPSA) is 52.0 Å². The predicted octanol–water partition coefficient (Wildman–Crippen LogP) is 1.53. The Kier molecular flexibility index (Phi) is 2.60. The predicted molar refractivity (Wildman–Crippen MR) is 43.8 cm³/mol. The molecule has 0 fully saturated rings. The van der Waals surface area contributed by atoms with E-state index in [2.05, 4.69) is 0 Å². The summed E-state index contributed by atoms with van der Waals surface area (Å²) in [4.78, 5) is 0. The number of hydrogen-bond acceptors (Lipinski definition) is 2. The second kappa shape index (κ2) is 3.49. The fraction of sp³-hybridized carbons (Fsp3) is 0.250. The monoisotopic (exact) mass is 172 g/mol. The van der Waals surface area contributed by atoms with Crippen molar-refractivity contribution in [1.29, 1.82) is 0 Å². The van der Waals surface area contributed by atoms with E-state index >= 15 is 0 Å². The normalized spacial score (nSPS) is 13.3. The Morgan fingerprint density at radius 1 is 1.17 bits per heavy atom. The first kappa shape index (κ1) is 8.93. The van der Waals surface area contributed by atoms with Crippen LogP contribution in [0.5, 0.6) is 0 Å². The number of halogens is 2. The lowest BCUT2D eigenvalue weighted by molar-refractivity contribution is 0.116. The molecule has 66 valence electrons. The summed E-state index contributed by atoms with van der Waals surface area (Å²) in [5.41, 5.74) is 11.3. The van der Waals surface area contributed by atoms with Gasteiger partial charge in [0.15, 0.2) is 0 Å². The van der Waals surface area contributed by atoms with E-state index in [9.17, 15) is 8.78 Å². The average molecular weight is 172 g/mol. The van der Waals surface area contributed by atoms with Gasteiger partial charge in [-0.05, 0) is 11.6 Å². The summed E-state index contributed by atoms with van der Waals surface area (Å²) >= 11 is 0. The van der Waals surface area contributed by atoms with E-state index in [-0.39, 0.29) is 0 Å². The minimum atomic E-state index is -2.57. The second-order valence-corrected chi connectivity index (χ2v) is 2.49. The van der Waals surface area contributed by atoms with Gasteiger partial charge < -0.3 is 11.5 Å². The van der Waals surface area contributed by atoms with E-state index < -0.39 is 12.5 Å². The zero-order chi connectivity index (χ0) is 9.14. The molecule has 4 heteroatoms. The van der Waals surface area contributed by atoms with E-state index in [1.807, 2.05) is 0 Å². The Labute approximate surface area is 69.2 Å². The van der Waals surface area contributed by atoms with Crippen molar-refractivity contribution in [2.75, 3.05) is 5.73 Å². The number of anilines is 1. The van der Waals surface area contributed by atoms with Crippen LogP contribution < -0.4 is 11.5 Å². The molecule has 2 nitrogen and oxygen atoms in total. The van der Waals surface area contributed by atoms with Crippen LogP contribution in [0.1, 0.15) is 11.6 Å². The lowest BCUT2D eigenvalue weighted by atomic mass is 10.1. The quantitative estimate of drug-likeness (QED) is 0.665. The van der Waals surface area contributed by atoms with E-state index in [0.717, 1.165) is 0 Å². The van der Waals surface area contributed by atoms with E-state index in [1.165, 1.54) is 6.07 Å². The summed E-state index contributed by atoms with van der Waals surface area (Å²) in [6.07, 6.45) is -2.57. The highest BCUT2D eigenvalue weighted by Crippen LogP contribution is 2.22. The van der Waals surface area contributed by atoms with Crippen molar-refractivity contribution in [1.82, 2.24) is 0 Å². The van der Waals surface area contributed by atoms with E-state index in [1.54, 1.807) is 18.2 Å². The van der Waals surface area contributed by atoms with Crippen molar-refractivity contribution in [2.24, 2.45) is 5.73 Å². The van der Waals surface area contributed by atoms with Crippen molar-refractivity contribution in [3.8, 4) is 0 Å². The summed E-state index contributed by atoms with van der Waals surface area (Å²) in [6, 6.07) is 5.08. The highest BCUT2D eigenvalue weighted by molar-refractivity contribution is 5.48. The first-order valence-electron chi connectivity index (χ1n) is 3.51. The van der Waals surface area contributed by atoms with Gasteiger partial charge in [-0.1, -0.05) is 18.2 Å². The third kappa shape index (κ3) is 1.71. The molecule has 0 aliphatic heterocycles. The molecule has 0 radical (unpaired) electrons. The number of benzene rings is 1. The molecule has 0 aliphatic rings. The average Bonchev–Trinajstić information content (AvgIpc) is 2.04. The summed E-state index contributed by atoms with van der Waals surface area (Å²) in [7, 11) is 0. The SMILES string of the molecule is Nc1ccccc1[C@H](N)C(F)F. The van der Waals surface area contributed by atoms with Crippen LogP contribution in [-0.4, -0.2) is 6.43 Å². The van der Waals surface area contributed by atoms with Crippen molar-refractivity contribution < 1.29 is 8.78 Å². The number of alkyl halides is 2. The summed E-state index contributed by atoms with van der Waals surface area (Å²) in [5.74, 6) is 0. The minimum absolute atomic E-state index is 0.299. The van der Waals surface area contributed by atoms with Crippen LogP contribution in [0, 0.1) is 0 Å². The van der Waals surface area contributed by atoms with Gasteiger partial charge in [-0.3, -0.25) is 0 Å². The summed E-state index contributed by atoms with van der Waals surface area (Å²) < 4.78 is 24.2. The number of hydrogen-bond donors (Lipinski definition) is 2. The lowest BCUT2D eigenvalue weighted by Gasteiger charge is -2.12. The molecule has 0 spiro atoms. The van der Waals surface area contributed by atoms with Crippen LogP contribution in [0.25, 0.3) is 0 Å². The molecule has 0 saturated carbocycles. The molecule has 0 amide bonds. The lowest BCUT2D eigenvalue weighted by Crippen LogP contribution is -2.20. The van der Waals surface area contributed by atoms with Gasteiger partial charge in [0.2, 0.25) is 0 Å². The molecule has 1 aromatic rings. The van der Waals surface area contributed by atoms with E-state index in [4.69, 9.17) is 11.5 Å². The van der Waals surface area contributed by atoms with Crippen LogP contribution in [0.15, 0.2) is 24.3 Å². The molecule has 1 aromatic carbocycles. The van der Waals surface area contributed by atoms with Crippen LogP contribution in [-0.2, 0) is 0 Å². The van der Waals surface area contributed by atoms with Crippen molar-refractivity contribution >= 4 is 5.69 Å². The number of nitrogens with two attached hydrogens (primary N) is 2. The zero-order valence-corrected chi connectivity index (χ0v) is 6.37. The van der Waals surface area contributed by atoms with Gasteiger partial charge in [0.1, 0.15) is 0 Å². The molecule has 4 N–H and O–H groups in total. The largest absolute Gasteiger partial charge is 0.398 e. The zero-order valence-electron chi connectivity index (χ0n) is 6.37. The van der Waals surface area contributed by atoms with Crippen LogP contribution in [0.4, 0.5) is 14.5 Å². The third-order valence-corrected chi connectivity index (χ3v) is 1.63. The summed E-state index contributed by atoms with van der Waals surface area (Å²) in [6.45, 7) is 0. The van der Waals surface area contributed by atoms with Gasteiger partial charge in [-0.25, -0.2) is 8.78 Å². The maximum Gasteiger partial charge on any atom is 0.257 e. The van der Waals surface area contributed by atoms with Gasteiger partial charge in [0.05, 0.1) is 6.04 Å². The Bertz CT molecular complexity index is 263. The fourth-order valence-electron chi connectivity index (χ4n) is 0.950. The highest BCUT2D eigenvalue weighted by atomic mass is 19.3. The molecule has 1 rings (SSSR count). The molecule has 0 bridgehead atoms. The smallest absolute Gasteiger partial charge is 0.257 e. The van der Waals surface area contributed by atoms with E-state index in [0.29, 0.717) is 11.3 Å². The number of nitrogen functional groups attached to an aromatic ring is 1. The molecule has 0 heterocycles. The van der Waals surface area contributed by atoms with Crippen LogP contribution in [0.3, 0.4) is 0 Å². The molecular formula is C8H10F2N2.